The van der Waals surface area contributed by atoms with Gasteiger partial charge < -0.3 is 4.42 Å². The second-order valence-electron chi connectivity index (χ2n) is 5.61. The van der Waals surface area contributed by atoms with Gasteiger partial charge in [0.2, 0.25) is 0 Å². The highest BCUT2D eigenvalue weighted by atomic mass is 19.4. The van der Waals surface area contributed by atoms with Crippen LogP contribution < -0.4 is 0 Å². The molecule has 0 aliphatic heterocycles. The molecule has 0 N–H and O–H groups in total. The molecule has 2 aromatic heterocycles. The average molecular weight is 339 g/mol. The maximum Gasteiger partial charge on any atom is 0.433 e. The summed E-state index contributed by atoms with van der Waals surface area (Å²) in [6.07, 6.45) is -4.53. The van der Waals surface area contributed by atoms with E-state index in [2.05, 4.69) is 4.98 Å². The van der Waals surface area contributed by atoms with Crippen LogP contribution in [0.3, 0.4) is 0 Å². The van der Waals surface area contributed by atoms with Gasteiger partial charge in [0, 0.05) is 16.5 Å². The standard InChI is InChI=1S/C20H12F3NO/c21-20(22,23)17-12-15-11-16(13-7-3-1-4-8-13)25-19(15)18(24-17)14-9-5-2-6-10-14/h1-12H. The molecule has 0 saturated heterocycles. The molecule has 0 saturated carbocycles. The first kappa shape index (κ1) is 15.4. The number of hydrogen-bond acceptors (Lipinski definition) is 2. The summed E-state index contributed by atoms with van der Waals surface area (Å²) in [6.45, 7) is 0. The highest BCUT2D eigenvalue weighted by Crippen LogP contribution is 2.37. The van der Waals surface area contributed by atoms with Gasteiger partial charge >= 0.3 is 6.18 Å². The zero-order valence-electron chi connectivity index (χ0n) is 12.9. The SMILES string of the molecule is FC(F)(F)c1cc2cc(-c3ccccc3)oc2c(-c2ccccc2)n1. The van der Waals surface area contributed by atoms with Crippen LogP contribution in [0, 0.1) is 0 Å². The van der Waals surface area contributed by atoms with Crippen molar-refractivity contribution >= 4 is 11.0 Å². The number of hydrogen-bond donors (Lipinski definition) is 0. The summed E-state index contributed by atoms with van der Waals surface area (Å²) in [5, 5.41) is 0.375. The van der Waals surface area contributed by atoms with E-state index in [0.29, 0.717) is 22.3 Å². The maximum atomic E-state index is 13.2. The normalized spacial score (nSPS) is 11.8. The summed E-state index contributed by atoms with van der Waals surface area (Å²) >= 11 is 0. The average Bonchev–Trinajstić information content (AvgIpc) is 3.06. The second kappa shape index (κ2) is 5.77. The fourth-order valence-corrected chi connectivity index (χ4v) is 2.73. The molecule has 0 aliphatic carbocycles. The van der Waals surface area contributed by atoms with Crippen LogP contribution in [0.25, 0.3) is 33.6 Å². The van der Waals surface area contributed by atoms with Crippen LogP contribution in [0.5, 0.6) is 0 Å². The molecule has 0 radical (unpaired) electrons. The van der Waals surface area contributed by atoms with Gasteiger partial charge in [-0.05, 0) is 12.1 Å². The molecule has 0 aliphatic rings. The van der Waals surface area contributed by atoms with Gasteiger partial charge in [-0.15, -0.1) is 0 Å². The summed E-state index contributed by atoms with van der Waals surface area (Å²) < 4.78 is 45.6. The minimum Gasteiger partial charge on any atom is -0.454 e. The van der Waals surface area contributed by atoms with E-state index >= 15 is 0 Å². The fourth-order valence-electron chi connectivity index (χ4n) is 2.73. The molecule has 4 rings (SSSR count). The van der Waals surface area contributed by atoms with Gasteiger partial charge in [-0.25, -0.2) is 4.98 Å². The van der Waals surface area contributed by atoms with Crippen LogP contribution in [0.1, 0.15) is 5.69 Å². The third-order valence-corrected chi connectivity index (χ3v) is 3.90. The molecular weight excluding hydrogens is 327 g/mol. The molecule has 0 spiro atoms. The molecule has 0 atom stereocenters. The van der Waals surface area contributed by atoms with E-state index in [1.165, 1.54) is 0 Å². The van der Waals surface area contributed by atoms with Crippen molar-refractivity contribution in [3.8, 4) is 22.6 Å². The van der Waals surface area contributed by atoms with Crippen LogP contribution in [-0.2, 0) is 6.18 Å². The van der Waals surface area contributed by atoms with Gasteiger partial charge in [0.25, 0.3) is 0 Å². The highest BCUT2D eigenvalue weighted by Gasteiger charge is 2.34. The largest absolute Gasteiger partial charge is 0.454 e. The molecule has 4 aromatic rings. The van der Waals surface area contributed by atoms with Gasteiger partial charge in [0.1, 0.15) is 17.1 Å². The fraction of sp³-hybridized carbons (Fsp3) is 0.0500. The van der Waals surface area contributed by atoms with Gasteiger partial charge in [0.05, 0.1) is 0 Å². The van der Waals surface area contributed by atoms with Crippen LogP contribution in [0.15, 0.2) is 77.2 Å². The van der Waals surface area contributed by atoms with Gasteiger partial charge in [-0.2, -0.15) is 13.2 Å². The molecule has 25 heavy (non-hydrogen) atoms. The summed E-state index contributed by atoms with van der Waals surface area (Å²) in [4.78, 5) is 3.83. The predicted octanol–water partition coefficient (Wildman–Crippen LogP) is 6.18. The highest BCUT2D eigenvalue weighted by molar-refractivity contribution is 5.93. The molecular formula is C20H12F3NO. The lowest BCUT2D eigenvalue weighted by Gasteiger charge is -2.08. The lowest BCUT2D eigenvalue weighted by Crippen LogP contribution is -2.08. The summed E-state index contributed by atoms with van der Waals surface area (Å²) in [5.74, 6) is 0.508. The number of furan rings is 1. The van der Waals surface area contributed by atoms with E-state index in [-0.39, 0.29) is 5.69 Å². The summed E-state index contributed by atoms with van der Waals surface area (Å²) in [5.41, 5.74) is 0.976. The smallest absolute Gasteiger partial charge is 0.433 e. The van der Waals surface area contributed by atoms with Crippen molar-refractivity contribution in [3.05, 3.63) is 78.5 Å². The third kappa shape index (κ3) is 2.89. The van der Waals surface area contributed by atoms with Crippen molar-refractivity contribution in [1.82, 2.24) is 4.98 Å². The topological polar surface area (TPSA) is 26.0 Å². The number of fused-ring (bicyclic) bond motifs is 1. The summed E-state index contributed by atoms with van der Waals surface area (Å²) in [7, 11) is 0. The Bertz CT molecular complexity index is 1020. The number of halogens is 3. The van der Waals surface area contributed by atoms with Crippen LogP contribution >= 0.6 is 0 Å². The minimum atomic E-state index is -4.53. The van der Waals surface area contributed by atoms with E-state index < -0.39 is 11.9 Å². The first-order chi connectivity index (χ1) is 12.0. The Balaban J connectivity index is 1.99. The van der Waals surface area contributed by atoms with Crippen molar-refractivity contribution < 1.29 is 17.6 Å². The minimum absolute atomic E-state index is 0.188. The molecule has 2 nitrogen and oxygen atoms in total. The molecule has 0 fully saturated rings. The molecule has 0 unspecified atom stereocenters. The molecule has 0 bridgehead atoms. The number of rotatable bonds is 2. The molecule has 2 heterocycles. The number of nitrogens with zero attached hydrogens (tertiary/aromatic N) is 1. The first-order valence-corrected chi connectivity index (χ1v) is 7.65. The molecule has 0 amide bonds. The van der Waals surface area contributed by atoms with E-state index in [9.17, 15) is 13.2 Å². The Labute approximate surface area is 141 Å². The third-order valence-electron chi connectivity index (χ3n) is 3.90. The maximum absolute atomic E-state index is 13.2. The van der Waals surface area contributed by atoms with E-state index in [4.69, 9.17) is 4.42 Å². The Morgan fingerprint density at radius 2 is 1.36 bits per heavy atom. The number of benzene rings is 2. The quantitative estimate of drug-likeness (QED) is 0.436. The lowest BCUT2D eigenvalue weighted by molar-refractivity contribution is -0.141. The number of aromatic nitrogens is 1. The van der Waals surface area contributed by atoms with Crippen molar-refractivity contribution in [1.29, 1.82) is 0 Å². The van der Waals surface area contributed by atoms with Crippen molar-refractivity contribution in [2.24, 2.45) is 0 Å². The van der Waals surface area contributed by atoms with Crippen molar-refractivity contribution in [3.63, 3.8) is 0 Å². The van der Waals surface area contributed by atoms with Crippen molar-refractivity contribution in [2.45, 2.75) is 6.18 Å². The summed E-state index contributed by atoms with van der Waals surface area (Å²) in [6, 6.07) is 20.6. The zero-order valence-corrected chi connectivity index (χ0v) is 12.9. The van der Waals surface area contributed by atoms with E-state index in [1.54, 1.807) is 36.4 Å². The number of alkyl halides is 3. The monoisotopic (exact) mass is 339 g/mol. The van der Waals surface area contributed by atoms with E-state index in [0.717, 1.165) is 11.6 Å². The first-order valence-electron chi connectivity index (χ1n) is 7.65. The Morgan fingerprint density at radius 3 is 1.96 bits per heavy atom. The molecule has 124 valence electrons. The van der Waals surface area contributed by atoms with Gasteiger partial charge in [-0.3, -0.25) is 0 Å². The zero-order chi connectivity index (χ0) is 17.4. The number of pyridine rings is 1. The van der Waals surface area contributed by atoms with Gasteiger partial charge in [-0.1, -0.05) is 60.7 Å². The Hall–Kier alpha value is -3.08. The Morgan fingerprint density at radius 1 is 0.760 bits per heavy atom. The van der Waals surface area contributed by atoms with Gasteiger partial charge in [0.15, 0.2) is 5.58 Å². The van der Waals surface area contributed by atoms with Crippen LogP contribution in [0.2, 0.25) is 0 Å². The second-order valence-corrected chi connectivity index (χ2v) is 5.61. The predicted molar refractivity (Wildman–Crippen MR) is 89.9 cm³/mol. The lowest BCUT2D eigenvalue weighted by atomic mass is 10.1. The molecule has 5 heteroatoms. The van der Waals surface area contributed by atoms with Crippen molar-refractivity contribution in [2.75, 3.05) is 0 Å². The van der Waals surface area contributed by atoms with Crippen LogP contribution in [-0.4, -0.2) is 4.98 Å². The van der Waals surface area contributed by atoms with Crippen LogP contribution in [0.4, 0.5) is 13.2 Å². The molecule has 2 aromatic carbocycles. The van der Waals surface area contributed by atoms with E-state index in [1.807, 2.05) is 30.3 Å². The Kier molecular flexibility index (Phi) is 3.57.